The number of aryl methyl sites for hydroxylation is 1. The van der Waals surface area contributed by atoms with Crippen LogP contribution in [0.25, 0.3) is 0 Å². The summed E-state index contributed by atoms with van der Waals surface area (Å²) < 4.78 is 10.2. The number of methoxy groups -OCH3 is 1. The quantitative estimate of drug-likeness (QED) is 0.447. The Hall–Kier alpha value is -3.10. The van der Waals surface area contributed by atoms with Crippen molar-refractivity contribution in [1.82, 2.24) is 15.1 Å². The zero-order valence-corrected chi connectivity index (χ0v) is 18.8. The summed E-state index contributed by atoms with van der Waals surface area (Å²) in [6, 6.07) is 4.61. The fraction of sp³-hybridized carbons (Fsp3) is 0.545. The van der Waals surface area contributed by atoms with Crippen LogP contribution in [0, 0.1) is 6.92 Å². The second kappa shape index (κ2) is 10.3. The number of benzene rings is 1. The number of nitrogens with one attached hydrogen (secondary N) is 1. The molecule has 1 aromatic rings. The maximum absolute atomic E-state index is 13.1. The predicted molar refractivity (Wildman–Crippen MR) is 113 cm³/mol. The molecule has 31 heavy (non-hydrogen) atoms. The molecule has 1 aliphatic rings. The number of urea groups is 1. The van der Waals surface area contributed by atoms with Crippen molar-refractivity contribution in [1.29, 1.82) is 0 Å². The lowest BCUT2D eigenvalue weighted by Gasteiger charge is -2.25. The first kappa shape index (κ1) is 24.2. The number of hydrogen-bond donors (Lipinski definition) is 1. The van der Waals surface area contributed by atoms with E-state index < -0.39 is 35.9 Å². The van der Waals surface area contributed by atoms with Gasteiger partial charge in [-0.05, 0) is 50.5 Å². The summed E-state index contributed by atoms with van der Waals surface area (Å²) in [5.74, 6) is -0.621. The first-order valence-electron chi connectivity index (χ1n) is 10.4. The van der Waals surface area contributed by atoms with E-state index >= 15 is 0 Å². The van der Waals surface area contributed by atoms with Crippen LogP contribution < -0.4 is 10.1 Å². The van der Waals surface area contributed by atoms with Crippen LogP contribution >= 0.6 is 0 Å². The Kier molecular flexibility index (Phi) is 8.01. The van der Waals surface area contributed by atoms with Crippen LogP contribution in [-0.4, -0.2) is 67.0 Å². The maximum Gasteiger partial charge on any atom is 0.325 e. The number of carbonyl (C=O) groups is 4. The first-order valence-corrected chi connectivity index (χ1v) is 10.4. The smallest absolute Gasteiger partial charge is 0.325 e. The summed E-state index contributed by atoms with van der Waals surface area (Å²) in [7, 11) is 1.56. The van der Waals surface area contributed by atoms with Gasteiger partial charge >= 0.3 is 12.0 Å². The van der Waals surface area contributed by atoms with Crippen LogP contribution in [0.1, 0.15) is 44.7 Å². The molecular formula is C22H31N3O6. The lowest BCUT2D eigenvalue weighted by Crippen LogP contribution is -2.45. The normalized spacial score (nSPS) is 18.0. The van der Waals surface area contributed by atoms with Gasteiger partial charge in [-0.3, -0.25) is 19.3 Å². The van der Waals surface area contributed by atoms with E-state index in [9.17, 15) is 19.2 Å². The molecule has 1 unspecified atom stereocenters. The summed E-state index contributed by atoms with van der Waals surface area (Å²) in [6.45, 7) is 7.54. The summed E-state index contributed by atoms with van der Waals surface area (Å²) in [5, 5.41) is 2.71. The van der Waals surface area contributed by atoms with Crippen molar-refractivity contribution in [3.8, 4) is 5.75 Å². The molecule has 1 heterocycles. The molecular weight excluding hydrogens is 402 g/mol. The van der Waals surface area contributed by atoms with E-state index in [1.165, 1.54) is 4.90 Å². The number of rotatable bonds is 10. The van der Waals surface area contributed by atoms with Crippen molar-refractivity contribution in [2.24, 2.45) is 0 Å². The molecule has 4 amide bonds. The third-order valence-corrected chi connectivity index (χ3v) is 5.28. The second-order valence-electron chi connectivity index (χ2n) is 7.57. The highest BCUT2D eigenvalue weighted by molar-refractivity contribution is 6.09. The van der Waals surface area contributed by atoms with Crippen molar-refractivity contribution in [2.45, 2.75) is 46.1 Å². The highest BCUT2D eigenvalue weighted by Gasteiger charge is 2.49. The van der Waals surface area contributed by atoms with Crippen molar-refractivity contribution in [2.75, 3.05) is 33.4 Å². The highest BCUT2D eigenvalue weighted by atomic mass is 16.5. The molecule has 1 saturated heterocycles. The lowest BCUT2D eigenvalue weighted by molar-refractivity contribution is -0.145. The number of esters is 1. The van der Waals surface area contributed by atoms with Crippen LogP contribution in [0.2, 0.25) is 0 Å². The average Bonchev–Trinajstić information content (AvgIpc) is 2.95. The van der Waals surface area contributed by atoms with E-state index in [1.54, 1.807) is 39.2 Å². The average molecular weight is 434 g/mol. The fourth-order valence-corrected chi connectivity index (χ4v) is 3.55. The number of ether oxygens (including phenoxy) is 2. The van der Waals surface area contributed by atoms with Gasteiger partial charge in [0.1, 0.15) is 17.8 Å². The fourth-order valence-electron chi connectivity index (χ4n) is 3.55. The predicted octanol–water partition coefficient (Wildman–Crippen LogP) is 1.96. The molecule has 1 fully saturated rings. The van der Waals surface area contributed by atoms with E-state index in [4.69, 9.17) is 9.47 Å². The molecule has 0 spiro atoms. The zero-order chi connectivity index (χ0) is 23.2. The van der Waals surface area contributed by atoms with E-state index in [2.05, 4.69) is 5.32 Å². The molecule has 1 atom stereocenters. The van der Waals surface area contributed by atoms with Crippen molar-refractivity contribution < 1.29 is 28.7 Å². The standard InChI is InChI=1S/C22H31N3O6/c1-6-11-24(12-10-19(27)31-7-2)18(26)14-25-20(28)22(4,23-21(25)29)16-8-9-17(30-5)15(3)13-16/h8-9,13H,6-7,10-12,14H2,1-5H3,(H,23,29). The maximum atomic E-state index is 13.1. The number of hydrogen-bond acceptors (Lipinski definition) is 6. The topological polar surface area (TPSA) is 105 Å². The van der Waals surface area contributed by atoms with Gasteiger partial charge in [0.15, 0.2) is 0 Å². The van der Waals surface area contributed by atoms with Crippen LogP contribution in [0.15, 0.2) is 18.2 Å². The SMILES string of the molecule is CCCN(CCC(=O)OCC)C(=O)CN1C(=O)NC(C)(c2ccc(OC)c(C)c2)C1=O. The van der Waals surface area contributed by atoms with Gasteiger partial charge in [0.2, 0.25) is 5.91 Å². The van der Waals surface area contributed by atoms with Gasteiger partial charge in [0, 0.05) is 13.1 Å². The monoisotopic (exact) mass is 433 g/mol. The Morgan fingerprint density at radius 1 is 1.19 bits per heavy atom. The molecule has 0 saturated carbocycles. The van der Waals surface area contributed by atoms with Gasteiger partial charge in [-0.2, -0.15) is 0 Å². The molecule has 170 valence electrons. The molecule has 0 aromatic heterocycles. The van der Waals surface area contributed by atoms with E-state index in [0.29, 0.717) is 24.3 Å². The Labute approximate surface area is 182 Å². The molecule has 9 heteroatoms. The Balaban J connectivity index is 2.14. The van der Waals surface area contributed by atoms with Crippen LogP contribution in [0.3, 0.4) is 0 Å². The van der Waals surface area contributed by atoms with Crippen LogP contribution in [0.4, 0.5) is 4.79 Å². The molecule has 2 rings (SSSR count). The molecule has 1 aliphatic heterocycles. The van der Waals surface area contributed by atoms with Gasteiger partial charge in [-0.25, -0.2) is 4.79 Å². The van der Waals surface area contributed by atoms with Crippen molar-refractivity contribution in [3.63, 3.8) is 0 Å². The Bertz CT molecular complexity index is 856. The largest absolute Gasteiger partial charge is 0.496 e. The number of carbonyl (C=O) groups excluding carboxylic acids is 4. The molecule has 1 N–H and O–H groups in total. The third-order valence-electron chi connectivity index (χ3n) is 5.28. The van der Waals surface area contributed by atoms with Gasteiger partial charge in [-0.15, -0.1) is 0 Å². The highest BCUT2D eigenvalue weighted by Crippen LogP contribution is 2.31. The minimum atomic E-state index is -1.28. The van der Waals surface area contributed by atoms with E-state index in [0.717, 1.165) is 10.5 Å². The van der Waals surface area contributed by atoms with Crippen LogP contribution in [0.5, 0.6) is 5.75 Å². The molecule has 0 radical (unpaired) electrons. The summed E-state index contributed by atoms with van der Waals surface area (Å²) >= 11 is 0. The van der Waals surface area contributed by atoms with E-state index in [1.807, 2.05) is 13.8 Å². The molecule has 9 nitrogen and oxygen atoms in total. The Morgan fingerprint density at radius 2 is 1.90 bits per heavy atom. The summed E-state index contributed by atoms with van der Waals surface area (Å²) in [4.78, 5) is 52.6. The van der Waals surface area contributed by atoms with Crippen molar-refractivity contribution in [3.05, 3.63) is 29.3 Å². The van der Waals surface area contributed by atoms with E-state index in [-0.39, 0.29) is 19.6 Å². The minimum Gasteiger partial charge on any atom is -0.496 e. The lowest BCUT2D eigenvalue weighted by atomic mass is 9.90. The van der Waals surface area contributed by atoms with Gasteiger partial charge in [0.05, 0.1) is 20.1 Å². The number of nitrogens with zero attached hydrogens (tertiary/aromatic N) is 2. The minimum absolute atomic E-state index is 0.0581. The first-order chi connectivity index (χ1) is 14.7. The number of amides is 4. The van der Waals surface area contributed by atoms with Crippen LogP contribution in [-0.2, 0) is 24.7 Å². The molecule has 0 aliphatic carbocycles. The number of imide groups is 1. The molecule has 0 bridgehead atoms. The zero-order valence-electron chi connectivity index (χ0n) is 18.8. The molecule has 1 aromatic carbocycles. The van der Waals surface area contributed by atoms with Gasteiger partial charge in [-0.1, -0.05) is 13.0 Å². The third kappa shape index (κ3) is 5.34. The summed E-state index contributed by atoms with van der Waals surface area (Å²) in [6.07, 6.45) is 0.736. The Morgan fingerprint density at radius 3 is 2.48 bits per heavy atom. The van der Waals surface area contributed by atoms with Crippen molar-refractivity contribution >= 4 is 23.8 Å². The second-order valence-corrected chi connectivity index (χ2v) is 7.57. The van der Waals surface area contributed by atoms with Gasteiger partial charge < -0.3 is 19.7 Å². The van der Waals surface area contributed by atoms with Gasteiger partial charge in [0.25, 0.3) is 5.91 Å². The summed E-state index contributed by atoms with van der Waals surface area (Å²) in [5.41, 5.74) is 0.146.